The lowest BCUT2D eigenvalue weighted by Gasteiger charge is -2.36. The van der Waals surface area contributed by atoms with E-state index in [9.17, 15) is 14.4 Å². The number of carbonyl (C=O) groups is 3. The van der Waals surface area contributed by atoms with Crippen LogP contribution in [0.25, 0.3) is 6.08 Å². The van der Waals surface area contributed by atoms with Crippen LogP contribution in [0.3, 0.4) is 0 Å². The zero-order valence-corrected chi connectivity index (χ0v) is 21.7. The molecule has 0 atom stereocenters. The van der Waals surface area contributed by atoms with E-state index in [0.717, 1.165) is 22.3 Å². The Morgan fingerprint density at radius 2 is 1.64 bits per heavy atom. The minimum atomic E-state index is -0.534. The molecular weight excluding hydrogens is 506 g/mol. The summed E-state index contributed by atoms with van der Waals surface area (Å²) < 4.78 is 16.1. The standard InChI is InChI=1S/C25H26ClN3O6S/c1-33-16-12-20(34-2)17(21(13-16)35-3)14-22-24(31)29(25(32)36-22)15-23(30)28-10-8-27(9-11-28)19-7-5-4-6-18(19)26/h4-7,12-14H,8-11,15H2,1-3H3. The number of nitrogens with zero attached hydrogens (tertiary/aromatic N) is 3. The number of methoxy groups -OCH3 is 3. The van der Waals surface area contributed by atoms with E-state index in [1.807, 2.05) is 24.3 Å². The fraction of sp³-hybridized carbons (Fsp3) is 0.320. The van der Waals surface area contributed by atoms with Gasteiger partial charge in [-0.1, -0.05) is 23.7 Å². The highest BCUT2D eigenvalue weighted by atomic mass is 35.5. The summed E-state index contributed by atoms with van der Waals surface area (Å²) in [7, 11) is 4.50. The second kappa shape index (κ2) is 11.1. The Balaban J connectivity index is 1.44. The molecule has 0 radical (unpaired) electrons. The van der Waals surface area contributed by atoms with Gasteiger partial charge in [0.1, 0.15) is 23.8 Å². The van der Waals surface area contributed by atoms with Gasteiger partial charge in [0.15, 0.2) is 0 Å². The average Bonchev–Trinajstić information content (AvgIpc) is 3.16. The van der Waals surface area contributed by atoms with E-state index < -0.39 is 11.1 Å². The van der Waals surface area contributed by atoms with E-state index in [2.05, 4.69) is 4.90 Å². The van der Waals surface area contributed by atoms with E-state index in [0.29, 0.717) is 54.0 Å². The maximum Gasteiger partial charge on any atom is 0.294 e. The summed E-state index contributed by atoms with van der Waals surface area (Å²) in [5.74, 6) is 0.551. The van der Waals surface area contributed by atoms with Crippen molar-refractivity contribution in [3.63, 3.8) is 0 Å². The summed E-state index contributed by atoms with van der Waals surface area (Å²) in [6, 6.07) is 10.9. The van der Waals surface area contributed by atoms with E-state index in [4.69, 9.17) is 25.8 Å². The molecule has 0 N–H and O–H groups in total. The van der Waals surface area contributed by atoms with Gasteiger partial charge in [0, 0.05) is 38.3 Å². The Kier molecular flexibility index (Phi) is 7.95. The highest BCUT2D eigenvalue weighted by Gasteiger charge is 2.38. The first-order valence-corrected chi connectivity index (χ1v) is 12.4. The van der Waals surface area contributed by atoms with Crippen molar-refractivity contribution in [2.24, 2.45) is 0 Å². The number of anilines is 1. The summed E-state index contributed by atoms with van der Waals surface area (Å²) in [6.07, 6.45) is 1.54. The van der Waals surface area contributed by atoms with Crippen LogP contribution in [0.4, 0.5) is 10.5 Å². The quantitative estimate of drug-likeness (QED) is 0.499. The SMILES string of the molecule is COc1cc(OC)c(C=C2SC(=O)N(CC(=O)N3CCN(c4ccccc4Cl)CC3)C2=O)c(OC)c1. The number of thioether (sulfide) groups is 1. The molecule has 0 unspecified atom stereocenters. The van der Waals surface area contributed by atoms with Gasteiger partial charge < -0.3 is 24.0 Å². The number of piperazine rings is 1. The van der Waals surface area contributed by atoms with Crippen molar-refractivity contribution in [1.29, 1.82) is 0 Å². The zero-order valence-electron chi connectivity index (χ0n) is 20.2. The van der Waals surface area contributed by atoms with Gasteiger partial charge in [-0.05, 0) is 30.0 Å². The van der Waals surface area contributed by atoms with Crippen molar-refractivity contribution < 1.29 is 28.6 Å². The Morgan fingerprint density at radius 1 is 1.00 bits per heavy atom. The van der Waals surface area contributed by atoms with Gasteiger partial charge in [-0.3, -0.25) is 19.3 Å². The molecular formula is C25H26ClN3O6S. The molecule has 190 valence electrons. The minimum absolute atomic E-state index is 0.179. The normalized spacial score (nSPS) is 17.1. The zero-order chi connectivity index (χ0) is 25.8. The summed E-state index contributed by atoms with van der Waals surface area (Å²) in [5, 5.41) is 0.160. The molecule has 0 aromatic heterocycles. The molecule has 2 saturated heterocycles. The lowest BCUT2D eigenvalue weighted by atomic mass is 10.1. The molecule has 2 aliphatic rings. The second-order valence-electron chi connectivity index (χ2n) is 8.03. The number of hydrogen-bond acceptors (Lipinski definition) is 8. The van der Waals surface area contributed by atoms with Crippen molar-refractivity contribution in [3.05, 3.63) is 51.9 Å². The van der Waals surface area contributed by atoms with Crippen LogP contribution in [0.2, 0.25) is 5.02 Å². The van der Waals surface area contributed by atoms with Crippen LogP contribution in [-0.4, -0.2) is 80.9 Å². The molecule has 11 heteroatoms. The fourth-order valence-electron chi connectivity index (χ4n) is 4.08. The molecule has 2 fully saturated rings. The minimum Gasteiger partial charge on any atom is -0.496 e. The van der Waals surface area contributed by atoms with Crippen LogP contribution in [0.1, 0.15) is 5.56 Å². The van der Waals surface area contributed by atoms with Crippen molar-refractivity contribution in [2.45, 2.75) is 0 Å². The van der Waals surface area contributed by atoms with Crippen molar-refractivity contribution in [1.82, 2.24) is 9.80 Å². The maximum atomic E-state index is 13.1. The third-order valence-electron chi connectivity index (χ3n) is 6.02. The van der Waals surface area contributed by atoms with Crippen LogP contribution < -0.4 is 19.1 Å². The molecule has 0 spiro atoms. The molecule has 2 aromatic rings. The Morgan fingerprint density at radius 3 is 2.22 bits per heavy atom. The third-order valence-corrected chi connectivity index (χ3v) is 7.25. The molecule has 3 amide bonds. The first-order chi connectivity index (χ1) is 17.4. The second-order valence-corrected chi connectivity index (χ2v) is 9.43. The first kappa shape index (κ1) is 25.7. The van der Waals surface area contributed by atoms with Crippen LogP contribution >= 0.6 is 23.4 Å². The molecule has 4 rings (SSSR count). The molecule has 9 nitrogen and oxygen atoms in total. The number of para-hydroxylation sites is 1. The van der Waals surface area contributed by atoms with Gasteiger partial charge in [-0.15, -0.1) is 0 Å². The Hall–Kier alpha value is -3.37. The topological polar surface area (TPSA) is 88.6 Å². The van der Waals surface area contributed by atoms with Gasteiger partial charge in [0.25, 0.3) is 11.1 Å². The summed E-state index contributed by atoms with van der Waals surface area (Å²) in [6.45, 7) is 1.83. The lowest BCUT2D eigenvalue weighted by Crippen LogP contribution is -2.51. The Bertz CT molecular complexity index is 1190. The highest BCUT2D eigenvalue weighted by molar-refractivity contribution is 8.18. The number of hydrogen-bond donors (Lipinski definition) is 0. The molecule has 2 aliphatic heterocycles. The number of amides is 3. The number of halogens is 1. The van der Waals surface area contributed by atoms with E-state index >= 15 is 0 Å². The number of carbonyl (C=O) groups excluding carboxylic acids is 3. The van der Waals surface area contributed by atoms with Crippen LogP contribution in [0, 0.1) is 0 Å². The molecule has 2 aromatic carbocycles. The predicted octanol–water partition coefficient (Wildman–Crippen LogP) is 3.75. The molecule has 2 heterocycles. The van der Waals surface area contributed by atoms with Crippen LogP contribution in [-0.2, 0) is 9.59 Å². The van der Waals surface area contributed by atoms with Crippen molar-refractivity contribution in [3.8, 4) is 17.2 Å². The van der Waals surface area contributed by atoms with E-state index in [1.165, 1.54) is 27.4 Å². The summed E-state index contributed by atoms with van der Waals surface area (Å²) >= 11 is 7.07. The maximum absolute atomic E-state index is 13.1. The van der Waals surface area contributed by atoms with Gasteiger partial charge in [-0.25, -0.2) is 0 Å². The van der Waals surface area contributed by atoms with Crippen molar-refractivity contribution in [2.75, 3.05) is 59.0 Å². The van der Waals surface area contributed by atoms with Crippen LogP contribution in [0.15, 0.2) is 41.3 Å². The number of rotatable bonds is 7. The lowest BCUT2D eigenvalue weighted by molar-refractivity contribution is -0.136. The van der Waals surface area contributed by atoms with Gasteiger partial charge >= 0.3 is 0 Å². The fourth-order valence-corrected chi connectivity index (χ4v) is 5.16. The van der Waals surface area contributed by atoms with Gasteiger partial charge in [-0.2, -0.15) is 0 Å². The van der Waals surface area contributed by atoms with Gasteiger partial charge in [0.05, 0.1) is 42.5 Å². The molecule has 0 aliphatic carbocycles. The Labute approximate surface area is 218 Å². The third kappa shape index (κ3) is 5.24. The summed E-state index contributed by atoms with van der Waals surface area (Å²) in [5.41, 5.74) is 1.42. The highest BCUT2D eigenvalue weighted by Crippen LogP contribution is 2.39. The smallest absolute Gasteiger partial charge is 0.294 e. The number of imide groups is 1. The first-order valence-electron chi connectivity index (χ1n) is 11.2. The average molecular weight is 532 g/mol. The monoisotopic (exact) mass is 531 g/mol. The largest absolute Gasteiger partial charge is 0.496 e. The van der Waals surface area contributed by atoms with Gasteiger partial charge in [0.2, 0.25) is 5.91 Å². The molecule has 36 heavy (non-hydrogen) atoms. The van der Waals surface area contributed by atoms with Crippen LogP contribution in [0.5, 0.6) is 17.2 Å². The van der Waals surface area contributed by atoms with E-state index in [1.54, 1.807) is 17.0 Å². The number of benzene rings is 2. The number of ether oxygens (including phenoxy) is 3. The molecule has 0 bridgehead atoms. The van der Waals surface area contributed by atoms with E-state index in [-0.39, 0.29) is 17.4 Å². The molecule has 0 saturated carbocycles. The van der Waals surface area contributed by atoms with Crippen molar-refractivity contribution >= 4 is 52.2 Å². The summed E-state index contributed by atoms with van der Waals surface area (Å²) in [4.78, 5) is 43.6. The predicted molar refractivity (Wildman–Crippen MR) is 139 cm³/mol.